The fraction of sp³-hybridized carbons (Fsp3) is 0.304. The molecule has 0 radical (unpaired) electrons. The molecule has 4 nitrogen and oxygen atoms in total. The zero-order valence-corrected chi connectivity index (χ0v) is 17.0. The van der Waals surface area contributed by atoms with E-state index < -0.39 is 0 Å². The first kappa shape index (κ1) is 18.8. The van der Waals surface area contributed by atoms with E-state index in [0.717, 1.165) is 34.6 Å². The van der Waals surface area contributed by atoms with Gasteiger partial charge in [-0.1, -0.05) is 48.9 Å². The Hall–Kier alpha value is -2.53. The molecule has 0 unspecified atom stereocenters. The van der Waals surface area contributed by atoms with Gasteiger partial charge in [0.1, 0.15) is 0 Å². The number of carbonyl (C=O) groups is 2. The van der Waals surface area contributed by atoms with E-state index in [1.54, 1.807) is 11.9 Å². The Kier molecular flexibility index (Phi) is 5.27. The number of anilines is 1. The number of benzene rings is 2. The smallest absolute Gasteiger partial charge is 0.264 e. The highest BCUT2D eigenvalue weighted by molar-refractivity contribution is 8.04. The van der Waals surface area contributed by atoms with Crippen molar-refractivity contribution in [3.8, 4) is 0 Å². The van der Waals surface area contributed by atoms with Gasteiger partial charge in [-0.25, -0.2) is 0 Å². The average Bonchev–Trinajstić information content (AvgIpc) is 3.20. The van der Waals surface area contributed by atoms with Gasteiger partial charge in [-0.15, -0.1) is 0 Å². The minimum absolute atomic E-state index is 0.0471. The number of carbonyl (C=O) groups excluding carboxylic acids is 2. The Balaban J connectivity index is 1.60. The molecule has 1 aliphatic heterocycles. The molecule has 2 aliphatic rings. The lowest BCUT2D eigenvalue weighted by Gasteiger charge is -2.27. The van der Waals surface area contributed by atoms with E-state index in [1.807, 2.05) is 55.5 Å². The third kappa shape index (κ3) is 3.72. The summed E-state index contributed by atoms with van der Waals surface area (Å²) >= 11 is 1.46. The minimum Gasteiger partial charge on any atom is -0.349 e. The maximum atomic E-state index is 12.9. The van der Waals surface area contributed by atoms with Gasteiger partial charge in [0.15, 0.2) is 0 Å². The summed E-state index contributed by atoms with van der Waals surface area (Å²) in [7, 11) is 1.77. The largest absolute Gasteiger partial charge is 0.349 e. The molecule has 0 atom stereocenters. The molecule has 2 aromatic rings. The molecule has 2 aromatic carbocycles. The second-order valence-electron chi connectivity index (χ2n) is 7.47. The van der Waals surface area contributed by atoms with E-state index >= 15 is 0 Å². The van der Waals surface area contributed by atoms with Gasteiger partial charge in [-0.2, -0.15) is 0 Å². The van der Waals surface area contributed by atoms with Crippen molar-refractivity contribution in [3.63, 3.8) is 0 Å². The fourth-order valence-corrected chi connectivity index (χ4v) is 4.85. The van der Waals surface area contributed by atoms with Crippen LogP contribution in [0.1, 0.15) is 47.2 Å². The highest BCUT2D eigenvalue weighted by Crippen LogP contribution is 2.42. The van der Waals surface area contributed by atoms with E-state index in [-0.39, 0.29) is 17.9 Å². The molecule has 1 aliphatic carbocycles. The first-order chi connectivity index (χ1) is 13.5. The van der Waals surface area contributed by atoms with E-state index in [1.165, 1.54) is 24.6 Å². The topological polar surface area (TPSA) is 49.4 Å². The monoisotopic (exact) mass is 392 g/mol. The summed E-state index contributed by atoms with van der Waals surface area (Å²) in [6.45, 7) is 2.04. The molecule has 144 valence electrons. The number of nitrogens with zero attached hydrogens (tertiary/aromatic N) is 1. The Morgan fingerprint density at radius 3 is 2.68 bits per heavy atom. The number of fused-ring (bicyclic) bond motifs is 1. The van der Waals surface area contributed by atoms with Crippen molar-refractivity contribution in [1.82, 2.24) is 5.32 Å². The molecule has 1 N–H and O–H groups in total. The molecule has 0 spiro atoms. The molecular formula is C23H24N2O2S. The van der Waals surface area contributed by atoms with E-state index in [2.05, 4.69) is 5.32 Å². The summed E-state index contributed by atoms with van der Waals surface area (Å²) in [5.41, 5.74) is 3.58. The number of hydrogen-bond acceptors (Lipinski definition) is 3. The van der Waals surface area contributed by atoms with Crippen molar-refractivity contribution in [2.45, 2.75) is 43.5 Å². The van der Waals surface area contributed by atoms with Gasteiger partial charge in [-0.05, 0) is 55.2 Å². The first-order valence-electron chi connectivity index (χ1n) is 9.71. The summed E-state index contributed by atoms with van der Waals surface area (Å²) in [6.07, 6.45) is 6.41. The van der Waals surface area contributed by atoms with E-state index in [9.17, 15) is 9.59 Å². The summed E-state index contributed by atoms with van der Waals surface area (Å²) in [4.78, 5) is 28.8. The minimum atomic E-state index is -0.0539. The summed E-state index contributed by atoms with van der Waals surface area (Å²) in [5.74, 6) is -0.101. The van der Waals surface area contributed by atoms with Crippen molar-refractivity contribution >= 4 is 35.3 Å². The zero-order valence-electron chi connectivity index (χ0n) is 16.2. The molecule has 2 amide bonds. The fourth-order valence-electron chi connectivity index (χ4n) is 3.76. The van der Waals surface area contributed by atoms with Gasteiger partial charge in [0.25, 0.3) is 11.8 Å². The van der Waals surface area contributed by atoms with Crippen molar-refractivity contribution in [1.29, 1.82) is 0 Å². The van der Waals surface area contributed by atoms with Gasteiger partial charge in [-0.3, -0.25) is 9.59 Å². The Morgan fingerprint density at radius 1 is 1.18 bits per heavy atom. The number of amides is 2. The van der Waals surface area contributed by atoms with Gasteiger partial charge in [0, 0.05) is 23.5 Å². The predicted octanol–water partition coefficient (Wildman–Crippen LogP) is 4.78. The molecular weight excluding hydrogens is 368 g/mol. The normalized spacial score (nSPS) is 18.4. The van der Waals surface area contributed by atoms with Crippen LogP contribution in [0, 0.1) is 6.92 Å². The van der Waals surface area contributed by atoms with Crippen molar-refractivity contribution < 1.29 is 9.59 Å². The Bertz CT molecular complexity index is 961. The van der Waals surface area contributed by atoms with Crippen LogP contribution in [-0.2, 0) is 4.79 Å². The summed E-state index contributed by atoms with van der Waals surface area (Å²) in [5, 5.41) is 3.12. The van der Waals surface area contributed by atoms with Gasteiger partial charge < -0.3 is 10.2 Å². The van der Waals surface area contributed by atoms with Crippen LogP contribution in [-0.4, -0.2) is 24.9 Å². The van der Waals surface area contributed by atoms with Crippen LogP contribution in [0.5, 0.6) is 0 Å². The van der Waals surface area contributed by atoms with Crippen LogP contribution < -0.4 is 10.2 Å². The Labute approximate surface area is 170 Å². The molecule has 5 heteroatoms. The lowest BCUT2D eigenvalue weighted by molar-refractivity contribution is -0.114. The molecule has 1 heterocycles. The van der Waals surface area contributed by atoms with Crippen LogP contribution in [0.4, 0.5) is 5.69 Å². The first-order valence-corrected chi connectivity index (χ1v) is 10.5. The van der Waals surface area contributed by atoms with Gasteiger partial charge in [0.05, 0.1) is 10.6 Å². The summed E-state index contributed by atoms with van der Waals surface area (Å²) in [6, 6.07) is 13.9. The lowest BCUT2D eigenvalue weighted by Crippen LogP contribution is -2.33. The molecule has 1 fully saturated rings. The molecule has 0 aromatic heterocycles. The maximum Gasteiger partial charge on any atom is 0.264 e. The molecule has 28 heavy (non-hydrogen) atoms. The standard InChI is InChI=1S/C23H24N2O2S/c1-15-7-3-4-8-16(15)14-21-23(27)25(2)19-13-17(11-12-20(19)28-21)22(26)24-18-9-5-6-10-18/h3-4,7-8,11-14,18H,5-6,9-10H2,1-2H3,(H,24,26). The highest BCUT2D eigenvalue weighted by atomic mass is 32.2. The van der Waals surface area contributed by atoms with Crippen molar-refractivity contribution in [2.24, 2.45) is 0 Å². The second kappa shape index (κ2) is 7.84. The van der Waals surface area contributed by atoms with Crippen LogP contribution in [0.3, 0.4) is 0 Å². The van der Waals surface area contributed by atoms with Gasteiger partial charge in [0.2, 0.25) is 0 Å². The van der Waals surface area contributed by atoms with Gasteiger partial charge >= 0.3 is 0 Å². The number of thioether (sulfide) groups is 1. The van der Waals surface area contributed by atoms with E-state index in [0.29, 0.717) is 10.5 Å². The zero-order chi connectivity index (χ0) is 19.7. The van der Waals surface area contributed by atoms with Crippen molar-refractivity contribution in [3.05, 3.63) is 64.1 Å². The predicted molar refractivity (Wildman–Crippen MR) is 115 cm³/mol. The van der Waals surface area contributed by atoms with E-state index in [4.69, 9.17) is 0 Å². The molecule has 0 bridgehead atoms. The van der Waals surface area contributed by atoms with Crippen LogP contribution >= 0.6 is 11.8 Å². The lowest BCUT2D eigenvalue weighted by atomic mass is 10.1. The number of aryl methyl sites for hydroxylation is 1. The average molecular weight is 393 g/mol. The second-order valence-corrected chi connectivity index (χ2v) is 8.55. The van der Waals surface area contributed by atoms with Crippen LogP contribution in [0.25, 0.3) is 6.08 Å². The molecule has 0 saturated heterocycles. The number of rotatable bonds is 3. The number of hydrogen-bond donors (Lipinski definition) is 1. The van der Waals surface area contributed by atoms with Crippen LogP contribution in [0.15, 0.2) is 52.3 Å². The third-order valence-corrected chi connectivity index (χ3v) is 6.56. The number of likely N-dealkylation sites (N-methyl/N-ethyl adjacent to an activating group) is 1. The SMILES string of the molecule is Cc1ccccc1C=C1Sc2ccc(C(=O)NC3CCCC3)cc2N(C)C1=O. The maximum absolute atomic E-state index is 12.9. The molecule has 4 rings (SSSR count). The molecule has 1 saturated carbocycles. The van der Waals surface area contributed by atoms with Crippen molar-refractivity contribution in [2.75, 3.05) is 11.9 Å². The summed E-state index contributed by atoms with van der Waals surface area (Å²) < 4.78 is 0. The number of nitrogens with one attached hydrogen (secondary N) is 1. The highest BCUT2D eigenvalue weighted by Gasteiger charge is 2.28. The van der Waals surface area contributed by atoms with Crippen LogP contribution in [0.2, 0.25) is 0 Å². The third-order valence-electron chi connectivity index (χ3n) is 5.48. The quantitative estimate of drug-likeness (QED) is 0.765. The Morgan fingerprint density at radius 2 is 1.93 bits per heavy atom.